The molecule has 1 amide bonds. The van der Waals surface area contributed by atoms with Gasteiger partial charge < -0.3 is 14.5 Å². The first-order valence-electron chi connectivity index (χ1n) is 7.06. The molecule has 0 aliphatic carbocycles. The molecule has 1 heterocycles. The molecule has 1 saturated heterocycles. The van der Waals surface area contributed by atoms with E-state index in [1.165, 1.54) is 12.8 Å². The monoisotopic (exact) mass is 262 g/mol. The lowest BCUT2D eigenvalue weighted by Gasteiger charge is -2.20. The van der Waals surface area contributed by atoms with Crippen molar-refractivity contribution in [1.82, 2.24) is 4.90 Å². The zero-order chi connectivity index (χ0) is 13.7. The number of carbonyl (C=O) groups is 1. The van der Waals surface area contributed by atoms with E-state index in [0.717, 1.165) is 18.8 Å². The van der Waals surface area contributed by atoms with Crippen molar-refractivity contribution in [3.05, 3.63) is 24.3 Å². The largest absolute Gasteiger partial charge is 0.415 e. The summed E-state index contributed by atoms with van der Waals surface area (Å²) < 4.78 is 5.42. The zero-order valence-corrected chi connectivity index (χ0v) is 11.8. The van der Waals surface area contributed by atoms with E-state index in [1.54, 1.807) is 4.90 Å². The third kappa shape index (κ3) is 3.40. The Bertz CT molecular complexity index is 424. The molecule has 0 saturated carbocycles. The number of anilines is 1. The van der Waals surface area contributed by atoms with Crippen LogP contribution in [0.15, 0.2) is 24.3 Å². The maximum absolute atomic E-state index is 11.9. The van der Waals surface area contributed by atoms with Crippen LogP contribution in [0.25, 0.3) is 0 Å². The number of hydrogen-bond donors (Lipinski definition) is 0. The van der Waals surface area contributed by atoms with Gasteiger partial charge in [-0.1, -0.05) is 6.07 Å². The molecule has 19 heavy (non-hydrogen) atoms. The molecule has 0 N–H and O–H groups in total. The number of ether oxygens (including phenoxy) is 1. The van der Waals surface area contributed by atoms with Crippen molar-refractivity contribution in [1.29, 1.82) is 0 Å². The summed E-state index contributed by atoms with van der Waals surface area (Å²) in [6.45, 7) is 7.42. The average Bonchev–Trinajstić information content (AvgIpc) is 2.94. The van der Waals surface area contributed by atoms with Crippen molar-refractivity contribution in [3.63, 3.8) is 0 Å². The van der Waals surface area contributed by atoms with E-state index >= 15 is 0 Å². The van der Waals surface area contributed by atoms with E-state index in [-0.39, 0.29) is 6.09 Å². The summed E-state index contributed by atoms with van der Waals surface area (Å²) in [4.78, 5) is 15.9. The molecule has 0 unspecified atom stereocenters. The maximum Gasteiger partial charge on any atom is 0.415 e. The Hall–Kier alpha value is -1.71. The van der Waals surface area contributed by atoms with Gasteiger partial charge in [-0.05, 0) is 38.8 Å². The molecule has 0 bridgehead atoms. The highest BCUT2D eigenvalue weighted by molar-refractivity contribution is 5.71. The van der Waals surface area contributed by atoms with Crippen LogP contribution in [0.5, 0.6) is 5.75 Å². The van der Waals surface area contributed by atoms with E-state index in [4.69, 9.17) is 4.74 Å². The van der Waals surface area contributed by atoms with Gasteiger partial charge in [0.05, 0.1) is 0 Å². The minimum absolute atomic E-state index is 0.274. The quantitative estimate of drug-likeness (QED) is 0.835. The SMILES string of the molecule is CCN(CC)C(=O)Oc1cccc(N2CCCC2)c1. The molecule has 4 nitrogen and oxygen atoms in total. The van der Waals surface area contributed by atoms with E-state index in [1.807, 2.05) is 32.0 Å². The molecule has 0 radical (unpaired) electrons. The number of rotatable bonds is 4. The van der Waals surface area contributed by atoms with E-state index < -0.39 is 0 Å². The molecule has 0 aromatic heterocycles. The lowest BCUT2D eigenvalue weighted by molar-refractivity contribution is 0.157. The van der Waals surface area contributed by atoms with Crippen LogP contribution in [0.4, 0.5) is 10.5 Å². The van der Waals surface area contributed by atoms with Gasteiger partial charge in [0.2, 0.25) is 0 Å². The first-order valence-corrected chi connectivity index (χ1v) is 7.06. The lowest BCUT2D eigenvalue weighted by Crippen LogP contribution is -2.33. The average molecular weight is 262 g/mol. The van der Waals surface area contributed by atoms with Crippen molar-refractivity contribution in [2.75, 3.05) is 31.1 Å². The molecule has 1 aliphatic heterocycles. The van der Waals surface area contributed by atoms with Crippen LogP contribution >= 0.6 is 0 Å². The van der Waals surface area contributed by atoms with E-state index in [0.29, 0.717) is 18.8 Å². The molecule has 1 fully saturated rings. The second-order valence-corrected chi connectivity index (χ2v) is 4.73. The highest BCUT2D eigenvalue weighted by atomic mass is 16.6. The summed E-state index contributed by atoms with van der Waals surface area (Å²) in [5, 5.41) is 0. The second kappa shape index (κ2) is 6.45. The second-order valence-electron chi connectivity index (χ2n) is 4.73. The molecule has 104 valence electrons. The Labute approximate surface area is 115 Å². The van der Waals surface area contributed by atoms with Gasteiger partial charge in [0.15, 0.2) is 0 Å². The predicted octanol–water partition coefficient (Wildman–Crippen LogP) is 3.13. The van der Waals surface area contributed by atoms with Crippen molar-refractivity contribution < 1.29 is 9.53 Å². The Morgan fingerprint density at radius 3 is 2.58 bits per heavy atom. The molecule has 0 spiro atoms. The van der Waals surface area contributed by atoms with Crippen LogP contribution in [0.2, 0.25) is 0 Å². The van der Waals surface area contributed by atoms with Crippen LogP contribution in [0, 0.1) is 0 Å². The van der Waals surface area contributed by atoms with Gasteiger partial charge in [0.1, 0.15) is 5.75 Å². The van der Waals surface area contributed by atoms with Gasteiger partial charge in [0.25, 0.3) is 0 Å². The topological polar surface area (TPSA) is 32.8 Å². The van der Waals surface area contributed by atoms with Crippen LogP contribution < -0.4 is 9.64 Å². The van der Waals surface area contributed by atoms with Crippen molar-refractivity contribution in [3.8, 4) is 5.75 Å². The van der Waals surface area contributed by atoms with Crippen LogP contribution in [0.3, 0.4) is 0 Å². The highest BCUT2D eigenvalue weighted by Crippen LogP contribution is 2.24. The Morgan fingerprint density at radius 1 is 1.26 bits per heavy atom. The normalized spacial score (nSPS) is 14.5. The molecule has 2 rings (SSSR count). The Kier molecular flexibility index (Phi) is 4.66. The Morgan fingerprint density at radius 2 is 1.95 bits per heavy atom. The van der Waals surface area contributed by atoms with Gasteiger partial charge in [-0.2, -0.15) is 0 Å². The van der Waals surface area contributed by atoms with Gasteiger partial charge in [-0.25, -0.2) is 4.79 Å². The molecular weight excluding hydrogens is 240 g/mol. The predicted molar refractivity (Wildman–Crippen MR) is 76.8 cm³/mol. The van der Waals surface area contributed by atoms with Crippen molar-refractivity contribution in [2.24, 2.45) is 0 Å². The number of carbonyl (C=O) groups excluding carboxylic acids is 1. The summed E-state index contributed by atoms with van der Waals surface area (Å²) in [7, 11) is 0. The van der Waals surface area contributed by atoms with Crippen LogP contribution in [0.1, 0.15) is 26.7 Å². The Balaban J connectivity index is 2.04. The molecular formula is C15H22N2O2. The lowest BCUT2D eigenvalue weighted by atomic mass is 10.3. The summed E-state index contributed by atoms with van der Waals surface area (Å²) in [6.07, 6.45) is 2.20. The van der Waals surface area contributed by atoms with Gasteiger partial charge >= 0.3 is 6.09 Å². The van der Waals surface area contributed by atoms with Gasteiger partial charge in [-0.3, -0.25) is 0 Å². The highest BCUT2D eigenvalue weighted by Gasteiger charge is 2.15. The minimum atomic E-state index is -0.274. The standard InChI is InChI=1S/C15H22N2O2/c1-3-16(4-2)15(18)19-14-9-7-8-13(12-14)17-10-5-6-11-17/h7-9,12H,3-6,10-11H2,1-2H3. The fourth-order valence-corrected chi connectivity index (χ4v) is 2.37. The zero-order valence-electron chi connectivity index (χ0n) is 11.8. The third-order valence-corrected chi connectivity index (χ3v) is 3.52. The fraction of sp³-hybridized carbons (Fsp3) is 0.533. The first kappa shape index (κ1) is 13.7. The summed E-state index contributed by atoms with van der Waals surface area (Å²) >= 11 is 0. The maximum atomic E-state index is 11.9. The van der Waals surface area contributed by atoms with E-state index in [2.05, 4.69) is 11.0 Å². The smallest absolute Gasteiger partial charge is 0.410 e. The molecule has 1 aromatic rings. The van der Waals surface area contributed by atoms with Gasteiger partial charge in [0, 0.05) is 37.9 Å². The number of nitrogens with zero attached hydrogens (tertiary/aromatic N) is 2. The van der Waals surface area contributed by atoms with Crippen LogP contribution in [-0.4, -0.2) is 37.2 Å². The molecule has 4 heteroatoms. The van der Waals surface area contributed by atoms with E-state index in [9.17, 15) is 4.79 Å². The first-order chi connectivity index (χ1) is 9.24. The number of benzene rings is 1. The van der Waals surface area contributed by atoms with Crippen molar-refractivity contribution >= 4 is 11.8 Å². The molecule has 1 aromatic carbocycles. The molecule has 1 aliphatic rings. The van der Waals surface area contributed by atoms with Crippen molar-refractivity contribution in [2.45, 2.75) is 26.7 Å². The van der Waals surface area contributed by atoms with Gasteiger partial charge in [-0.15, -0.1) is 0 Å². The number of amides is 1. The third-order valence-electron chi connectivity index (χ3n) is 3.52. The summed E-state index contributed by atoms with van der Waals surface area (Å²) in [5.41, 5.74) is 1.14. The summed E-state index contributed by atoms with van der Waals surface area (Å²) in [6, 6.07) is 7.80. The summed E-state index contributed by atoms with van der Waals surface area (Å²) in [5.74, 6) is 0.626. The fourth-order valence-electron chi connectivity index (χ4n) is 2.37. The number of hydrogen-bond acceptors (Lipinski definition) is 3. The minimum Gasteiger partial charge on any atom is -0.410 e. The van der Waals surface area contributed by atoms with Crippen LogP contribution in [-0.2, 0) is 0 Å². The molecule has 0 atom stereocenters.